The van der Waals surface area contributed by atoms with E-state index >= 15 is 0 Å². The van der Waals surface area contributed by atoms with Gasteiger partial charge in [0.2, 0.25) is 11.8 Å². The van der Waals surface area contributed by atoms with Gasteiger partial charge >= 0.3 is 6.18 Å². The predicted octanol–water partition coefficient (Wildman–Crippen LogP) is 4.16. The van der Waals surface area contributed by atoms with Gasteiger partial charge in [0.05, 0.1) is 37.1 Å². The molecule has 0 aliphatic carbocycles. The fourth-order valence-corrected chi connectivity index (χ4v) is 4.30. The molecule has 1 atom stereocenters. The van der Waals surface area contributed by atoms with Gasteiger partial charge in [0.25, 0.3) is 0 Å². The number of halogens is 4. The molecule has 0 amide bonds. The highest BCUT2D eigenvalue weighted by atomic mass is 19.4. The van der Waals surface area contributed by atoms with Crippen LogP contribution in [0, 0.1) is 0 Å². The third kappa shape index (κ3) is 4.96. The van der Waals surface area contributed by atoms with Gasteiger partial charge in [0.1, 0.15) is 23.6 Å². The van der Waals surface area contributed by atoms with Gasteiger partial charge in [0.15, 0.2) is 0 Å². The fraction of sp³-hybridized carbons (Fsp3) is 0.455. The van der Waals surface area contributed by atoms with Crippen molar-refractivity contribution in [1.82, 2.24) is 24.8 Å². The van der Waals surface area contributed by atoms with Crippen molar-refractivity contribution in [2.24, 2.45) is 0 Å². The number of anilines is 3. The molecule has 1 unspecified atom stereocenters. The fourth-order valence-electron chi connectivity index (χ4n) is 4.30. The Morgan fingerprint density at radius 3 is 2.68 bits per heavy atom. The highest BCUT2D eigenvalue weighted by Gasteiger charge is 2.41. The molecule has 1 N–H and O–H groups in total. The molecule has 2 aliphatic rings. The van der Waals surface area contributed by atoms with Crippen molar-refractivity contribution in [3.8, 4) is 0 Å². The van der Waals surface area contributed by atoms with Crippen molar-refractivity contribution in [3.63, 3.8) is 0 Å². The van der Waals surface area contributed by atoms with E-state index in [1.165, 1.54) is 13.2 Å². The number of rotatable bonds is 6. The maximum absolute atomic E-state index is 14.1. The topological polar surface area (TPSA) is 83.2 Å². The molecule has 12 heteroatoms. The summed E-state index contributed by atoms with van der Waals surface area (Å²) in [6.07, 6.45) is 0.575. The number of hydrogen-bond acceptors (Lipinski definition) is 8. The Balaban J connectivity index is 1.39. The van der Waals surface area contributed by atoms with E-state index in [2.05, 4.69) is 30.2 Å². The molecule has 5 rings (SSSR count). The first-order chi connectivity index (χ1) is 16.1. The lowest BCUT2D eigenvalue weighted by molar-refractivity contribution is -0.137. The number of nitrogens with zero attached hydrogens (tertiary/aromatic N) is 6. The van der Waals surface area contributed by atoms with Crippen molar-refractivity contribution in [1.29, 1.82) is 0 Å². The number of alkyl halides is 4. The first-order valence-electron chi connectivity index (χ1n) is 10.9. The van der Waals surface area contributed by atoms with Crippen LogP contribution in [0.15, 0.2) is 41.3 Å². The number of likely N-dealkylation sites (tertiary alicyclic amines) is 1. The molecule has 2 aliphatic heterocycles. The summed E-state index contributed by atoms with van der Waals surface area (Å²) in [4.78, 5) is 21.2. The van der Waals surface area contributed by atoms with Crippen molar-refractivity contribution < 1.29 is 22.0 Å². The molecule has 0 saturated carbocycles. The molecular weight excluding hydrogens is 454 g/mol. The molecule has 0 radical (unpaired) electrons. The van der Waals surface area contributed by atoms with Crippen LogP contribution in [0.1, 0.15) is 36.4 Å². The highest BCUT2D eigenvalue weighted by Crippen LogP contribution is 2.34. The summed E-state index contributed by atoms with van der Waals surface area (Å²) in [7, 11) is 0. The van der Waals surface area contributed by atoms with Crippen molar-refractivity contribution >= 4 is 17.6 Å². The van der Waals surface area contributed by atoms with Gasteiger partial charge in [-0.15, -0.1) is 0 Å². The van der Waals surface area contributed by atoms with Crippen LogP contribution in [0.25, 0.3) is 0 Å². The monoisotopic (exact) mass is 477 g/mol. The molecule has 0 aromatic carbocycles. The smallest absolute Gasteiger partial charge is 0.416 e. The Labute approximate surface area is 193 Å². The van der Waals surface area contributed by atoms with E-state index in [4.69, 9.17) is 4.42 Å². The summed E-state index contributed by atoms with van der Waals surface area (Å²) in [6.45, 7) is 3.92. The Kier molecular flexibility index (Phi) is 5.62. The van der Waals surface area contributed by atoms with Crippen LogP contribution >= 0.6 is 0 Å². The number of aromatic nitrogens is 4. The highest BCUT2D eigenvalue weighted by molar-refractivity contribution is 5.56. The van der Waals surface area contributed by atoms with Crippen LogP contribution in [0.4, 0.5) is 35.1 Å². The second-order valence-electron chi connectivity index (χ2n) is 8.95. The van der Waals surface area contributed by atoms with Crippen LogP contribution in [0.5, 0.6) is 0 Å². The van der Waals surface area contributed by atoms with Gasteiger partial charge in [-0.05, 0) is 32.0 Å². The van der Waals surface area contributed by atoms with E-state index in [1.807, 2.05) is 0 Å². The van der Waals surface area contributed by atoms with Gasteiger partial charge in [-0.2, -0.15) is 18.2 Å². The standard InChI is InChI=1S/C22H23F4N7O/c1-21(23)12-33(13-21)20-29-16(14-3-6-32(10-14)11-19-28-5-7-34-19)9-18(31-20)30-17-8-15(2-4-27-17)22(24,25)26/h2,4-5,7-9,14H,3,6,10-13H2,1H3,(H,27,29,30,31). The first kappa shape index (κ1) is 22.5. The van der Waals surface area contributed by atoms with Gasteiger partial charge in [-0.3, -0.25) is 4.90 Å². The van der Waals surface area contributed by atoms with E-state index in [0.717, 1.165) is 37.0 Å². The molecule has 0 bridgehead atoms. The quantitative estimate of drug-likeness (QED) is 0.530. The van der Waals surface area contributed by atoms with Gasteiger partial charge in [-0.1, -0.05) is 0 Å². The lowest BCUT2D eigenvalue weighted by Gasteiger charge is -2.42. The van der Waals surface area contributed by atoms with Crippen molar-refractivity contribution in [2.45, 2.75) is 37.7 Å². The maximum atomic E-state index is 14.1. The minimum atomic E-state index is -4.49. The predicted molar refractivity (Wildman–Crippen MR) is 115 cm³/mol. The second kappa shape index (κ2) is 8.49. The van der Waals surface area contributed by atoms with Crippen LogP contribution in [-0.4, -0.2) is 56.7 Å². The average Bonchev–Trinajstić information content (AvgIpc) is 3.44. The van der Waals surface area contributed by atoms with E-state index < -0.39 is 17.4 Å². The minimum absolute atomic E-state index is 0.0151. The van der Waals surface area contributed by atoms with Crippen molar-refractivity contribution in [3.05, 3.63) is 54.0 Å². The molecular formula is C22H23F4N7O. The summed E-state index contributed by atoms with van der Waals surface area (Å²) in [6, 6.07) is 3.56. The minimum Gasteiger partial charge on any atom is -0.448 e. The molecule has 5 heterocycles. The number of oxazole rings is 1. The number of nitrogens with one attached hydrogen (secondary N) is 1. The van der Waals surface area contributed by atoms with Crippen LogP contribution in [-0.2, 0) is 12.7 Å². The SMILES string of the molecule is CC1(F)CN(c2nc(Nc3cc(C(F)(F)F)ccn3)cc(C3CCN(Cc4ncco4)C3)n2)C1. The normalized spacial score (nSPS) is 20.4. The van der Waals surface area contributed by atoms with Gasteiger partial charge in [-0.25, -0.2) is 19.3 Å². The molecule has 0 spiro atoms. The molecule has 8 nitrogen and oxygen atoms in total. The third-order valence-corrected chi connectivity index (χ3v) is 5.93. The van der Waals surface area contributed by atoms with E-state index in [9.17, 15) is 17.6 Å². The summed E-state index contributed by atoms with van der Waals surface area (Å²) in [5.74, 6) is 1.37. The molecule has 180 valence electrons. The Morgan fingerprint density at radius 1 is 1.15 bits per heavy atom. The van der Waals surface area contributed by atoms with E-state index in [1.54, 1.807) is 17.2 Å². The molecule has 2 saturated heterocycles. The summed E-state index contributed by atoms with van der Waals surface area (Å²) in [5.41, 5.74) is -1.40. The molecule has 3 aromatic heterocycles. The number of pyridine rings is 1. The van der Waals surface area contributed by atoms with Crippen LogP contribution in [0.2, 0.25) is 0 Å². The second-order valence-corrected chi connectivity index (χ2v) is 8.95. The van der Waals surface area contributed by atoms with Crippen molar-refractivity contribution in [2.75, 3.05) is 36.4 Å². The zero-order valence-corrected chi connectivity index (χ0v) is 18.4. The Morgan fingerprint density at radius 2 is 1.97 bits per heavy atom. The lowest BCUT2D eigenvalue weighted by atomic mass is 10.00. The Bertz CT molecular complexity index is 1140. The van der Waals surface area contributed by atoms with E-state index in [-0.39, 0.29) is 24.8 Å². The average molecular weight is 477 g/mol. The molecule has 3 aromatic rings. The molecule has 34 heavy (non-hydrogen) atoms. The number of hydrogen-bond donors (Lipinski definition) is 1. The van der Waals surface area contributed by atoms with Crippen LogP contribution in [0.3, 0.4) is 0 Å². The largest absolute Gasteiger partial charge is 0.448 e. The van der Waals surface area contributed by atoms with Crippen LogP contribution < -0.4 is 10.2 Å². The lowest BCUT2D eigenvalue weighted by Crippen LogP contribution is -2.58. The zero-order valence-electron chi connectivity index (χ0n) is 18.4. The van der Waals surface area contributed by atoms with E-state index in [0.29, 0.717) is 30.7 Å². The molecule has 2 fully saturated rings. The third-order valence-electron chi connectivity index (χ3n) is 5.93. The summed E-state index contributed by atoms with van der Waals surface area (Å²) >= 11 is 0. The maximum Gasteiger partial charge on any atom is 0.416 e. The summed E-state index contributed by atoms with van der Waals surface area (Å²) < 4.78 is 58.8. The zero-order chi connectivity index (χ0) is 23.9. The summed E-state index contributed by atoms with van der Waals surface area (Å²) in [5, 5.41) is 2.87. The first-order valence-corrected chi connectivity index (χ1v) is 10.9. The van der Waals surface area contributed by atoms with Gasteiger partial charge < -0.3 is 14.6 Å². The Hall–Kier alpha value is -3.28. The van der Waals surface area contributed by atoms with Gasteiger partial charge in [0, 0.05) is 24.7 Å².